The average molecular weight is 321 g/mol. The summed E-state index contributed by atoms with van der Waals surface area (Å²) in [5.41, 5.74) is 3.09. The topological polar surface area (TPSA) is 124 Å². The summed E-state index contributed by atoms with van der Waals surface area (Å²) < 4.78 is 6.70. The number of carbonyl (C=O) groups is 2. The van der Waals surface area contributed by atoms with Crippen molar-refractivity contribution in [3.8, 4) is 0 Å². The third-order valence-corrected chi connectivity index (χ3v) is 3.09. The molecule has 0 bridgehead atoms. The minimum absolute atomic E-state index is 0.0712. The Bertz CT molecular complexity index is 898. The fourth-order valence-electron chi connectivity index (χ4n) is 1.92. The minimum atomic E-state index is -0.817. The average Bonchev–Trinajstić information content (AvgIpc) is 2.55. The van der Waals surface area contributed by atoms with Crippen molar-refractivity contribution in [1.29, 1.82) is 0 Å². The monoisotopic (exact) mass is 321 g/mol. The standard InChI is InChI=1S/C13H15N5O5/c1-4-23-12(21)16-15-10(19)8-6-5-7-9(14-8)17(2)13(22)18(3)11(7)20/h5-6H,4H2,1-3H3,(H,15,19)(H,16,21). The van der Waals surface area contributed by atoms with Crippen LogP contribution in [0.1, 0.15) is 17.4 Å². The van der Waals surface area contributed by atoms with Crippen molar-refractivity contribution in [3.05, 3.63) is 38.7 Å². The SMILES string of the molecule is CCOC(=O)NNC(=O)c1ccc2c(=O)n(C)c(=O)n(C)c2n1. The number of aromatic nitrogens is 3. The number of fused-ring (bicyclic) bond motifs is 1. The van der Waals surface area contributed by atoms with Crippen molar-refractivity contribution in [2.24, 2.45) is 14.1 Å². The van der Waals surface area contributed by atoms with Gasteiger partial charge in [0.15, 0.2) is 0 Å². The first-order valence-electron chi connectivity index (χ1n) is 6.66. The predicted octanol–water partition coefficient (Wildman–Crippen LogP) is -0.977. The molecule has 2 amide bonds. The van der Waals surface area contributed by atoms with Gasteiger partial charge in [0.25, 0.3) is 11.5 Å². The van der Waals surface area contributed by atoms with E-state index in [1.165, 1.54) is 26.2 Å². The fraction of sp³-hybridized carbons (Fsp3) is 0.308. The molecule has 0 aromatic carbocycles. The Hall–Kier alpha value is -3.17. The third-order valence-electron chi connectivity index (χ3n) is 3.09. The summed E-state index contributed by atoms with van der Waals surface area (Å²) in [5.74, 6) is -0.715. The normalized spacial score (nSPS) is 10.4. The highest BCUT2D eigenvalue weighted by Crippen LogP contribution is 2.06. The Morgan fingerprint density at radius 1 is 1.17 bits per heavy atom. The molecule has 2 heterocycles. The highest BCUT2D eigenvalue weighted by Gasteiger charge is 2.14. The van der Waals surface area contributed by atoms with Gasteiger partial charge >= 0.3 is 11.8 Å². The minimum Gasteiger partial charge on any atom is -0.449 e. The van der Waals surface area contributed by atoms with Crippen LogP contribution in [-0.4, -0.2) is 32.7 Å². The first-order chi connectivity index (χ1) is 10.9. The van der Waals surface area contributed by atoms with Crippen LogP contribution < -0.4 is 22.1 Å². The molecule has 0 radical (unpaired) electrons. The molecule has 2 rings (SSSR count). The van der Waals surface area contributed by atoms with Crippen LogP contribution in [0.5, 0.6) is 0 Å². The molecule has 122 valence electrons. The maximum atomic E-state index is 12.0. The van der Waals surface area contributed by atoms with Crippen molar-refractivity contribution in [2.45, 2.75) is 6.92 Å². The fourth-order valence-corrected chi connectivity index (χ4v) is 1.92. The maximum Gasteiger partial charge on any atom is 0.426 e. The van der Waals surface area contributed by atoms with E-state index in [0.717, 1.165) is 9.13 Å². The molecule has 23 heavy (non-hydrogen) atoms. The number of carbonyl (C=O) groups excluding carboxylic acids is 2. The first kappa shape index (κ1) is 16.2. The van der Waals surface area contributed by atoms with Crippen molar-refractivity contribution in [2.75, 3.05) is 6.61 Å². The second kappa shape index (κ2) is 6.30. The van der Waals surface area contributed by atoms with Gasteiger partial charge in [0.2, 0.25) is 0 Å². The number of rotatable bonds is 2. The third kappa shape index (κ3) is 3.05. The van der Waals surface area contributed by atoms with Crippen LogP contribution in [0.25, 0.3) is 11.0 Å². The number of nitrogens with one attached hydrogen (secondary N) is 2. The highest BCUT2D eigenvalue weighted by atomic mass is 16.5. The lowest BCUT2D eigenvalue weighted by Crippen LogP contribution is -2.42. The largest absolute Gasteiger partial charge is 0.449 e. The van der Waals surface area contributed by atoms with Gasteiger partial charge in [-0.25, -0.2) is 20.0 Å². The summed E-state index contributed by atoms with van der Waals surface area (Å²) in [6.45, 7) is 1.77. The zero-order valence-corrected chi connectivity index (χ0v) is 12.7. The predicted molar refractivity (Wildman–Crippen MR) is 79.8 cm³/mol. The number of aryl methyl sites for hydroxylation is 1. The van der Waals surface area contributed by atoms with Crippen LogP contribution in [0, 0.1) is 0 Å². The molecule has 10 heteroatoms. The van der Waals surface area contributed by atoms with Gasteiger partial charge in [0, 0.05) is 14.1 Å². The lowest BCUT2D eigenvalue weighted by molar-refractivity contribution is 0.0908. The van der Waals surface area contributed by atoms with Gasteiger partial charge in [-0.15, -0.1) is 0 Å². The molecule has 0 spiro atoms. The van der Waals surface area contributed by atoms with E-state index in [1.54, 1.807) is 6.92 Å². The van der Waals surface area contributed by atoms with Gasteiger partial charge in [-0.05, 0) is 19.1 Å². The van der Waals surface area contributed by atoms with Gasteiger partial charge < -0.3 is 4.74 Å². The molecule has 0 fully saturated rings. The number of hydrogen-bond acceptors (Lipinski definition) is 6. The second-order valence-electron chi connectivity index (χ2n) is 4.57. The van der Waals surface area contributed by atoms with Crippen LogP contribution in [-0.2, 0) is 18.8 Å². The van der Waals surface area contributed by atoms with E-state index in [9.17, 15) is 19.2 Å². The van der Waals surface area contributed by atoms with E-state index in [1.807, 2.05) is 5.43 Å². The van der Waals surface area contributed by atoms with E-state index < -0.39 is 23.2 Å². The van der Waals surface area contributed by atoms with Crippen LogP contribution >= 0.6 is 0 Å². The van der Waals surface area contributed by atoms with Gasteiger partial charge in [-0.1, -0.05) is 0 Å². The number of hydrazine groups is 1. The molecule has 0 saturated heterocycles. The second-order valence-corrected chi connectivity index (χ2v) is 4.57. The number of ether oxygens (including phenoxy) is 1. The van der Waals surface area contributed by atoms with Gasteiger partial charge in [0.05, 0.1) is 12.0 Å². The zero-order chi connectivity index (χ0) is 17.1. The Labute approximate surface area is 129 Å². The van der Waals surface area contributed by atoms with Crippen molar-refractivity contribution in [3.63, 3.8) is 0 Å². The van der Waals surface area contributed by atoms with E-state index >= 15 is 0 Å². The van der Waals surface area contributed by atoms with Crippen LogP contribution in [0.15, 0.2) is 21.7 Å². The molecule has 0 unspecified atom stereocenters. The van der Waals surface area contributed by atoms with Crippen LogP contribution in [0.4, 0.5) is 4.79 Å². The van der Waals surface area contributed by atoms with E-state index in [2.05, 4.69) is 15.1 Å². The first-order valence-corrected chi connectivity index (χ1v) is 6.66. The van der Waals surface area contributed by atoms with Gasteiger partial charge in [-0.2, -0.15) is 0 Å². The summed E-state index contributed by atoms with van der Waals surface area (Å²) in [7, 11) is 2.80. The molecule has 2 N–H and O–H groups in total. The molecule has 0 aliphatic carbocycles. The van der Waals surface area contributed by atoms with Crippen LogP contribution in [0.3, 0.4) is 0 Å². The number of hydrogen-bond donors (Lipinski definition) is 2. The summed E-state index contributed by atoms with van der Waals surface area (Å²) in [6.07, 6.45) is -0.817. The summed E-state index contributed by atoms with van der Waals surface area (Å²) >= 11 is 0. The Morgan fingerprint density at radius 2 is 1.87 bits per heavy atom. The zero-order valence-electron chi connectivity index (χ0n) is 12.7. The molecule has 0 atom stereocenters. The number of pyridine rings is 1. The maximum absolute atomic E-state index is 12.0. The number of nitrogens with zero attached hydrogens (tertiary/aromatic N) is 3. The highest BCUT2D eigenvalue weighted by molar-refractivity contribution is 5.94. The van der Waals surface area contributed by atoms with Crippen molar-refractivity contribution < 1.29 is 14.3 Å². The molecule has 0 aliphatic heterocycles. The molecular weight excluding hydrogens is 306 g/mol. The summed E-state index contributed by atoms with van der Waals surface area (Å²) in [6, 6.07) is 2.71. The summed E-state index contributed by atoms with van der Waals surface area (Å²) in [4.78, 5) is 50.9. The molecule has 0 saturated carbocycles. The van der Waals surface area contributed by atoms with E-state index in [4.69, 9.17) is 0 Å². The van der Waals surface area contributed by atoms with E-state index in [-0.39, 0.29) is 23.3 Å². The Kier molecular flexibility index (Phi) is 4.44. The quantitative estimate of drug-likeness (QED) is 0.685. The molecular formula is C13H15N5O5. The molecule has 2 aromatic rings. The number of amides is 2. The molecule has 2 aromatic heterocycles. The van der Waals surface area contributed by atoms with Crippen LogP contribution in [0.2, 0.25) is 0 Å². The van der Waals surface area contributed by atoms with Gasteiger partial charge in [-0.3, -0.25) is 24.1 Å². The molecule has 10 nitrogen and oxygen atoms in total. The lowest BCUT2D eigenvalue weighted by atomic mass is 10.2. The summed E-state index contributed by atoms with van der Waals surface area (Å²) in [5, 5.41) is 0.199. The van der Waals surface area contributed by atoms with Gasteiger partial charge in [0.1, 0.15) is 11.3 Å². The van der Waals surface area contributed by atoms with E-state index in [0.29, 0.717) is 0 Å². The molecule has 0 aliphatic rings. The smallest absolute Gasteiger partial charge is 0.426 e. The Morgan fingerprint density at radius 3 is 2.52 bits per heavy atom. The lowest BCUT2D eigenvalue weighted by Gasteiger charge is -2.09. The van der Waals surface area contributed by atoms with Crippen molar-refractivity contribution >= 4 is 23.0 Å². The van der Waals surface area contributed by atoms with Crippen molar-refractivity contribution in [1.82, 2.24) is 25.0 Å². The Balaban J connectivity index is 2.37.